The SMILES string of the molecule is COC(=O)c1cccnc1/N=C1\CCCN1c1ccccc1. The van der Waals surface area contributed by atoms with E-state index in [1.807, 2.05) is 18.2 Å². The number of nitrogens with zero attached hydrogens (tertiary/aromatic N) is 3. The molecule has 1 aromatic heterocycles. The number of carbonyl (C=O) groups excluding carboxylic acids is 1. The molecule has 0 spiro atoms. The number of methoxy groups -OCH3 is 1. The van der Waals surface area contributed by atoms with Crippen LogP contribution in [0.4, 0.5) is 11.5 Å². The van der Waals surface area contributed by atoms with Crippen molar-refractivity contribution in [3.05, 3.63) is 54.2 Å². The summed E-state index contributed by atoms with van der Waals surface area (Å²) in [7, 11) is 1.36. The highest BCUT2D eigenvalue weighted by atomic mass is 16.5. The minimum atomic E-state index is -0.420. The van der Waals surface area contributed by atoms with Crippen molar-refractivity contribution in [1.82, 2.24) is 4.98 Å². The zero-order chi connectivity index (χ0) is 15.4. The monoisotopic (exact) mass is 295 g/mol. The van der Waals surface area contributed by atoms with Crippen molar-refractivity contribution in [2.24, 2.45) is 4.99 Å². The second kappa shape index (κ2) is 6.39. The molecule has 3 rings (SSSR count). The summed E-state index contributed by atoms with van der Waals surface area (Å²) in [5.74, 6) is 0.916. The molecule has 2 heterocycles. The number of hydrogen-bond acceptors (Lipinski definition) is 4. The van der Waals surface area contributed by atoms with Gasteiger partial charge in [-0.2, -0.15) is 0 Å². The quantitative estimate of drug-likeness (QED) is 0.816. The molecule has 0 bridgehead atoms. The molecule has 0 amide bonds. The van der Waals surface area contributed by atoms with Crippen LogP contribution in [0.3, 0.4) is 0 Å². The fraction of sp³-hybridized carbons (Fsp3) is 0.235. The number of anilines is 1. The summed E-state index contributed by atoms with van der Waals surface area (Å²) in [5, 5.41) is 0. The lowest BCUT2D eigenvalue weighted by Gasteiger charge is -2.19. The zero-order valence-electron chi connectivity index (χ0n) is 12.4. The number of aliphatic imine (C=N–C) groups is 1. The maximum atomic E-state index is 11.8. The van der Waals surface area contributed by atoms with Crippen LogP contribution in [0.25, 0.3) is 0 Å². The molecule has 1 aromatic carbocycles. The summed E-state index contributed by atoms with van der Waals surface area (Å²) in [6.07, 6.45) is 3.54. The molecule has 0 N–H and O–H groups in total. The second-order valence-electron chi connectivity index (χ2n) is 4.98. The van der Waals surface area contributed by atoms with Gasteiger partial charge >= 0.3 is 5.97 Å². The van der Waals surface area contributed by atoms with Crippen molar-refractivity contribution >= 4 is 23.3 Å². The Bertz CT molecular complexity index is 698. The van der Waals surface area contributed by atoms with Gasteiger partial charge in [0, 0.05) is 24.8 Å². The van der Waals surface area contributed by atoms with Crippen LogP contribution in [-0.4, -0.2) is 30.4 Å². The highest BCUT2D eigenvalue weighted by molar-refractivity contribution is 6.02. The summed E-state index contributed by atoms with van der Waals surface area (Å²) < 4.78 is 4.79. The second-order valence-corrected chi connectivity index (χ2v) is 4.98. The number of para-hydroxylation sites is 1. The van der Waals surface area contributed by atoms with Gasteiger partial charge < -0.3 is 9.64 Å². The summed E-state index contributed by atoms with van der Waals surface area (Å²) in [6, 6.07) is 13.5. The fourth-order valence-electron chi connectivity index (χ4n) is 2.54. The van der Waals surface area contributed by atoms with Gasteiger partial charge in [0.1, 0.15) is 11.4 Å². The van der Waals surface area contributed by atoms with Crippen LogP contribution < -0.4 is 4.90 Å². The number of benzene rings is 1. The molecule has 0 unspecified atom stereocenters. The lowest BCUT2D eigenvalue weighted by atomic mass is 10.2. The largest absolute Gasteiger partial charge is 0.465 e. The first-order valence-corrected chi connectivity index (χ1v) is 7.23. The third-order valence-electron chi connectivity index (χ3n) is 3.59. The van der Waals surface area contributed by atoms with Gasteiger partial charge in [0.05, 0.1) is 7.11 Å². The molecule has 0 aliphatic carbocycles. The third kappa shape index (κ3) is 2.83. The van der Waals surface area contributed by atoms with E-state index in [1.165, 1.54) is 7.11 Å². The Kier molecular flexibility index (Phi) is 4.14. The Labute approximate surface area is 129 Å². The van der Waals surface area contributed by atoms with E-state index in [1.54, 1.807) is 18.3 Å². The van der Waals surface area contributed by atoms with Gasteiger partial charge in [-0.3, -0.25) is 0 Å². The Balaban J connectivity index is 1.96. The van der Waals surface area contributed by atoms with Crippen LogP contribution in [0, 0.1) is 0 Å². The molecule has 5 nitrogen and oxygen atoms in total. The molecule has 5 heteroatoms. The summed E-state index contributed by atoms with van der Waals surface area (Å²) >= 11 is 0. The minimum Gasteiger partial charge on any atom is -0.465 e. The normalized spacial score (nSPS) is 16.0. The molecule has 1 aliphatic heterocycles. The van der Waals surface area contributed by atoms with Crippen LogP contribution >= 0.6 is 0 Å². The van der Waals surface area contributed by atoms with Gasteiger partial charge in [0.25, 0.3) is 0 Å². The van der Waals surface area contributed by atoms with E-state index in [9.17, 15) is 4.79 Å². The number of rotatable bonds is 3. The van der Waals surface area contributed by atoms with Crippen molar-refractivity contribution in [3.8, 4) is 0 Å². The smallest absolute Gasteiger partial charge is 0.341 e. The first kappa shape index (κ1) is 14.3. The molecule has 0 radical (unpaired) electrons. The topological polar surface area (TPSA) is 54.8 Å². The summed E-state index contributed by atoms with van der Waals surface area (Å²) in [5.41, 5.74) is 1.49. The Hall–Kier alpha value is -2.69. The minimum absolute atomic E-state index is 0.386. The summed E-state index contributed by atoms with van der Waals surface area (Å²) in [4.78, 5) is 22.8. The molecule has 2 aromatic rings. The predicted octanol–water partition coefficient (Wildman–Crippen LogP) is 3.20. The zero-order valence-corrected chi connectivity index (χ0v) is 12.4. The highest BCUT2D eigenvalue weighted by Gasteiger charge is 2.21. The molecule has 22 heavy (non-hydrogen) atoms. The maximum Gasteiger partial charge on any atom is 0.341 e. The van der Waals surface area contributed by atoms with Crippen molar-refractivity contribution in [3.63, 3.8) is 0 Å². The van der Waals surface area contributed by atoms with Crippen LogP contribution in [0.1, 0.15) is 23.2 Å². The first-order valence-electron chi connectivity index (χ1n) is 7.23. The van der Waals surface area contributed by atoms with Crippen LogP contribution in [0.2, 0.25) is 0 Å². The Morgan fingerprint density at radius 2 is 2.05 bits per heavy atom. The number of ether oxygens (including phenoxy) is 1. The number of pyridine rings is 1. The molecular formula is C17H17N3O2. The number of amidine groups is 1. The molecule has 112 valence electrons. The fourth-order valence-corrected chi connectivity index (χ4v) is 2.54. The van der Waals surface area contributed by atoms with E-state index in [-0.39, 0.29) is 0 Å². The Morgan fingerprint density at radius 3 is 2.82 bits per heavy atom. The third-order valence-corrected chi connectivity index (χ3v) is 3.59. The maximum absolute atomic E-state index is 11.8. The van der Waals surface area contributed by atoms with Crippen LogP contribution in [0.5, 0.6) is 0 Å². The lowest BCUT2D eigenvalue weighted by molar-refractivity contribution is 0.0601. The molecular weight excluding hydrogens is 278 g/mol. The van der Waals surface area contributed by atoms with E-state index in [0.717, 1.165) is 30.9 Å². The van der Waals surface area contributed by atoms with Crippen LogP contribution in [-0.2, 0) is 4.74 Å². The average Bonchev–Trinajstić information content (AvgIpc) is 3.03. The number of aromatic nitrogens is 1. The van der Waals surface area contributed by atoms with Gasteiger partial charge in [-0.15, -0.1) is 0 Å². The van der Waals surface area contributed by atoms with E-state index < -0.39 is 5.97 Å². The lowest BCUT2D eigenvalue weighted by Crippen LogP contribution is -2.24. The highest BCUT2D eigenvalue weighted by Crippen LogP contribution is 2.25. The number of carbonyl (C=O) groups is 1. The number of esters is 1. The average molecular weight is 295 g/mol. The van der Waals surface area contributed by atoms with Gasteiger partial charge in [-0.05, 0) is 30.7 Å². The van der Waals surface area contributed by atoms with E-state index >= 15 is 0 Å². The molecule has 1 aliphatic rings. The van der Waals surface area contributed by atoms with Gasteiger partial charge in [0.2, 0.25) is 0 Å². The van der Waals surface area contributed by atoms with Crippen molar-refractivity contribution in [1.29, 1.82) is 0 Å². The molecule has 1 fully saturated rings. The van der Waals surface area contributed by atoms with E-state index in [2.05, 4.69) is 27.0 Å². The van der Waals surface area contributed by atoms with Gasteiger partial charge in [-0.25, -0.2) is 14.8 Å². The van der Waals surface area contributed by atoms with Crippen LogP contribution in [0.15, 0.2) is 53.7 Å². The molecule has 0 saturated carbocycles. The number of hydrogen-bond donors (Lipinski definition) is 0. The van der Waals surface area contributed by atoms with E-state index in [0.29, 0.717) is 11.4 Å². The first-order chi connectivity index (χ1) is 10.8. The van der Waals surface area contributed by atoms with Gasteiger partial charge in [0.15, 0.2) is 5.82 Å². The van der Waals surface area contributed by atoms with Gasteiger partial charge in [-0.1, -0.05) is 18.2 Å². The van der Waals surface area contributed by atoms with Crippen molar-refractivity contribution < 1.29 is 9.53 Å². The Morgan fingerprint density at radius 1 is 1.23 bits per heavy atom. The predicted molar refractivity (Wildman–Crippen MR) is 85.7 cm³/mol. The van der Waals surface area contributed by atoms with Crippen molar-refractivity contribution in [2.75, 3.05) is 18.6 Å². The summed E-state index contributed by atoms with van der Waals surface area (Å²) in [6.45, 7) is 0.920. The molecule has 0 atom stereocenters. The standard InChI is InChI=1S/C17H17N3O2/c1-22-17(21)14-9-5-11-18-16(14)19-15-10-6-12-20(15)13-7-3-2-4-8-13/h2-5,7-9,11H,6,10,12H2,1H3/b19-15+. The van der Waals surface area contributed by atoms with Crippen molar-refractivity contribution in [2.45, 2.75) is 12.8 Å². The van der Waals surface area contributed by atoms with E-state index in [4.69, 9.17) is 4.74 Å². The molecule has 1 saturated heterocycles.